The van der Waals surface area contributed by atoms with Gasteiger partial charge < -0.3 is 15.2 Å². The number of carbonyl (C=O) groups is 2. The van der Waals surface area contributed by atoms with E-state index in [0.29, 0.717) is 16.9 Å². The van der Waals surface area contributed by atoms with Crippen LogP contribution >= 0.6 is 11.8 Å². The molecule has 5 rings (SSSR count). The van der Waals surface area contributed by atoms with Crippen molar-refractivity contribution in [3.63, 3.8) is 0 Å². The Bertz CT molecular complexity index is 1530. The fourth-order valence-corrected chi connectivity index (χ4v) is 8.61. The number of hydrogen-bond acceptors (Lipinski definition) is 6. The topological polar surface area (TPSA) is 110 Å². The van der Waals surface area contributed by atoms with E-state index in [1.165, 1.54) is 31.4 Å². The standard InChI is InChI=1S/C31H35NO6S2/c1-31(2,39-26-17-20-8-11-22(26)16-20)28(30(34)35)32-29(33)25-15-12-21-6-4-5-7-24(21)27(25)38-18-19-9-13-23(14-10-19)40(3,36)37/h4-7,9-10,12-15,20,22,26,28H,8,11,16-18H2,1-3H3,(H,32,33)(H,34,35)/t20?,22?,26?,28-/m1/s1. The van der Waals surface area contributed by atoms with Crippen molar-refractivity contribution in [2.45, 2.75) is 67.1 Å². The predicted octanol–water partition coefficient (Wildman–Crippen LogP) is 5.71. The quantitative estimate of drug-likeness (QED) is 0.316. The van der Waals surface area contributed by atoms with Crippen LogP contribution in [0, 0.1) is 11.8 Å². The Kier molecular flexibility index (Phi) is 7.90. The van der Waals surface area contributed by atoms with Gasteiger partial charge in [-0.2, -0.15) is 0 Å². The van der Waals surface area contributed by atoms with Gasteiger partial charge in [-0.15, -0.1) is 11.8 Å². The summed E-state index contributed by atoms with van der Waals surface area (Å²) in [5.74, 6) is 0.151. The number of carboxylic acids is 1. The largest absolute Gasteiger partial charge is 0.487 e. The van der Waals surface area contributed by atoms with E-state index in [2.05, 4.69) is 5.32 Å². The second-order valence-corrected chi connectivity index (χ2v) is 15.5. The molecule has 2 aliphatic rings. The van der Waals surface area contributed by atoms with Crippen molar-refractivity contribution >= 4 is 44.2 Å². The van der Waals surface area contributed by atoms with Gasteiger partial charge >= 0.3 is 5.97 Å². The van der Waals surface area contributed by atoms with E-state index >= 15 is 0 Å². The summed E-state index contributed by atoms with van der Waals surface area (Å²) in [4.78, 5) is 26.3. The summed E-state index contributed by atoms with van der Waals surface area (Å²) in [5.41, 5.74) is 0.983. The Morgan fingerprint density at radius 1 is 1.05 bits per heavy atom. The van der Waals surface area contributed by atoms with Crippen molar-refractivity contribution in [2.24, 2.45) is 11.8 Å². The lowest BCUT2D eigenvalue weighted by molar-refractivity contribution is -0.139. The first-order valence-corrected chi connectivity index (χ1v) is 16.3. The van der Waals surface area contributed by atoms with Crippen molar-refractivity contribution in [3.05, 3.63) is 71.8 Å². The van der Waals surface area contributed by atoms with Crippen molar-refractivity contribution in [3.8, 4) is 5.75 Å². The molecule has 3 aromatic carbocycles. The Morgan fingerprint density at radius 2 is 1.77 bits per heavy atom. The summed E-state index contributed by atoms with van der Waals surface area (Å²) in [6.45, 7) is 3.91. The molecule has 3 unspecified atom stereocenters. The van der Waals surface area contributed by atoms with Crippen LogP contribution < -0.4 is 10.1 Å². The van der Waals surface area contributed by atoms with E-state index in [4.69, 9.17) is 4.74 Å². The van der Waals surface area contributed by atoms with Crippen LogP contribution in [0.2, 0.25) is 0 Å². The molecule has 2 bridgehead atoms. The van der Waals surface area contributed by atoms with Crippen LogP contribution in [0.4, 0.5) is 0 Å². The third-order valence-corrected chi connectivity index (χ3v) is 11.1. The summed E-state index contributed by atoms with van der Waals surface area (Å²) in [5, 5.41) is 15.0. The van der Waals surface area contributed by atoms with Crippen LogP contribution in [-0.2, 0) is 21.2 Å². The minimum atomic E-state index is -3.32. The predicted molar refractivity (Wildman–Crippen MR) is 158 cm³/mol. The molecule has 0 spiro atoms. The first-order valence-electron chi connectivity index (χ1n) is 13.6. The van der Waals surface area contributed by atoms with Crippen molar-refractivity contribution < 1.29 is 27.9 Å². The Balaban J connectivity index is 1.39. The van der Waals surface area contributed by atoms with Crippen LogP contribution in [-0.4, -0.2) is 47.7 Å². The molecule has 0 heterocycles. The number of thioether (sulfide) groups is 1. The maximum atomic E-state index is 13.7. The summed E-state index contributed by atoms with van der Waals surface area (Å²) >= 11 is 1.69. The number of benzene rings is 3. The number of carbonyl (C=O) groups excluding carboxylic acids is 1. The maximum Gasteiger partial charge on any atom is 0.327 e. The van der Waals surface area contributed by atoms with Crippen molar-refractivity contribution in [1.82, 2.24) is 5.32 Å². The number of aliphatic carboxylic acids is 1. The second-order valence-electron chi connectivity index (χ2n) is 11.5. The number of nitrogens with one attached hydrogen (secondary N) is 1. The van der Waals surface area contributed by atoms with Gasteiger partial charge in [-0.05, 0) is 74.1 Å². The summed E-state index contributed by atoms with van der Waals surface area (Å²) in [6, 6.07) is 16.3. The summed E-state index contributed by atoms with van der Waals surface area (Å²) in [6.07, 6.45) is 5.98. The van der Waals surface area contributed by atoms with E-state index in [1.54, 1.807) is 30.0 Å². The molecule has 2 saturated carbocycles. The van der Waals surface area contributed by atoms with Gasteiger partial charge in [0, 0.05) is 21.6 Å². The molecule has 7 nitrogen and oxygen atoms in total. The fourth-order valence-electron chi connectivity index (χ4n) is 6.10. The highest BCUT2D eigenvalue weighted by Gasteiger charge is 2.46. The van der Waals surface area contributed by atoms with Crippen LogP contribution in [0.15, 0.2) is 65.6 Å². The van der Waals surface area contributed by atoms with E-state index in [1.807, 2.05) is 44.2 Å². The number of sulfone groups is 1. The molecule has 0 saturated heterocycles. The van der Waals surface area contributed by atoms with Gasteiger partial charge in [-0.1, -0.05) is 48.9 Å². The number of ether oxygens (including phenoxy) is 1. The highest BCUT2D eigenvalue weighted by atomic mass is 32.2. The number of hydrogen-bond donors (Lipinski definition) is 2. The second kappa shape index (κ2) is 11.1. The van der Waals surface area contributed by atoms with Gasteiger partial charge in [0.15, 0.2) is 9.84 Å². The molecule has 9 heteroatoms. The van der Waals surface area contributed by atoms with Crippen molar-refractivity contribution in [1.29, 1.82) is 0 Å². The molecule has 40 heavy (non-hydrogen) atoms. The average molecular weight is 582 g/mol. The minimum absolute atomic E-state index is 0.103. The molecule has 0 aliphatic heterocycles. The Morgan fingerprint density at radius 3 is 2.40 bits per heavy atom. The summed E-state index contributed by atoms with van der Waals surface area (Å²) in [7, 11) is -3.32. The zero-order valence-corrected chi connectivity index (χ0v) is 24.6. The summed E-state index contributed by atoms with van der Waals surface area (Å²) < 4.78 is 29.1. The Labute approximate surface area is 239 Å². The van der Waals surface area contributed by atoms with Gasteiger partial charge in [0.25, 0.3) is 5.91 Å². The highest BCUT2D eigenvalue weighted by molar-refractivity contribution is 8.01. The van der Waals surface area contributed by atoms with Crippen LogP contribution in [0.25, 0.3) is 10.8 Å². The van der Waals surface area contributed by atoms with Gasteiger partial charge in [0.1, 0.15) is 18.4 Å². The average Bonchev–Trinajstić information content (AvgIpc) is 3.52. The fraction of sp³-hybridized carbons (Fsp3) is 0.419. The zero-order chi connectivity index (χ0) is 28.7. The smallest absolute Gasteiger partial charge is 0.327 e. The number of carboxylic acid groups (broad SMARTS) is 1. The molecule has 2 aliphatic carbocycles. The molecule has 0 radical (unpaired) electrons. The van der Waals surface area contributed by atoms with Crippen LogP contribution in [0.1, 0.15) is 55.5 Å². The normalized spacial score (nSPS) is 21.3. The first kappa shape index (κ1) is 28.5. The zero-order valence-electron chi connectivity index (χ0n) is 22.9. The van der Waals surface area contributed by atoms with Gasteiger partial charge in [-0.25, -0.2) is 13.2 Å². The first-order chi connectivity index (χ1) is 18.9. The molecular weight excluding hydrogens is 546 g/mol. The lowest BCUT2D eigenvalue weighted by atomic mass is 10.00. The minimum Gasteiger partial charge on any atom is -0.487 e. The number of amides is 1. The lowest BCUT2D eigenvalue weighted by Crippen LogP contribution is -2.53. The SMILES string of the molecule is CC(C)(SC1CC2CCC1C2)[C@H](NC(=O)c1ccc2ccccc2c1OCc1ccc(S(C)(=O)=O)cc1)C(=O)O. The third-order valence-electron chi connectivity index (χ3n) is 8.20. The molecule has 4 atom stereocenters. The van der Waals surface area contributed by atoms with Crippen LogP contribution in [0.5, 0.6) is 5.75 Å². The molecule has 2 N–H and O–H groups in total. The molecular formula is C31H35NO6S2. The molecule has 212 valence electrons. The molecule has 2 fully saturated rings. The van der Waals surface area contributed by atoms with E-state index < -0.39 is 32.5 Å². The molecule has 1 amide bonds. The number of rotatable bonds is 10. The van der Waals surface area contributed by atoms with E-state index in [0.717, 1.165) is 34.9 Å². The molecule has 3 aromatic rings. The number of fused-ring (bicyclic) bond motifs is 3. The van der Waals surface area contributed by atoms with Gasteiger partial charge in [-0.3, -0.25) is 4.79 Å². The van der Waals surface area contributed by atoms with Gasteiger partial charge in [0.2, 0.25) is 0 Å². The molecule has 0 aromatic heterocycles. The maximum absolute atomic E-state index is 13.7. The highest BCUT2D eigenvalue weighted by Crippen LogP contribution is 2.52. The van der Waals surface area contributed by atoms with E-state index in [-0.39, 0.29) is 17.1 Å². The van der Waals surface area contributed by atoms with Crippen LogP contribution in [0.3, 0.4) is 0 Å². The monoisotopic (exact) mass is 581 g/mol. The van der Waals surface area contributed by atoms with Gasteiger partial charge in [0.05, 0.1) is 10.5 Å². The lowest BCUT2D eigenvalue weighted by Gasteiger charge is -2.36. The third kappa shape index (κ3) is 6.00. The Hall–Kier alpha value is -3.04. The van der Waals surface area contributed by atoms with E-state index in [9.17, 15) is 23.1 Å². The van der Waals surface area contributed by atoms with Crippen molar-refractivity contribution in [2.75, 3.05) is 6.26 Å².